The molecule has 0 amide bonds. The van der Waals surface area contributed by atoms with Gasteiger partial charge in [-0.05, 0) is 24.6 Å². The Bertz CT molecular complexity index is 309. The van der Waals surface area contributed by atoms with Crippen LogP contribution in [0.4, 0.5) is 0 Å². The molecular weight excluding hydrogens is 158 g/mol. The monoisotopic (exact) mass is 167 g/mol. The predicted molar refractivity (Wildman–Crippen MR) is 42.4 cm³/mol. The van der Waals surface area contributed by atoms with E-state index >= 15 is 0 Å². The number of hydrogen-bond donors (Lipinski definition) is 2. The maximum atomic E-state index is 10.8. The molecule has 0 aliphatic carbocycles. The van der Waals surface area contributed by atoms with Crippen molar-refractivity contribution in [3.63, 3.8) is 0 Å². The fourth-order valence-corrected chi connectivity index (χ4v) is 0.878. The summed E-state index contributed by atoms with van der Waals surface area (Å²) in [4.78, 5) is 14.8. The number of aryl methyl sites for hydroxylation is 1. The number of hydrogen-bond acceptors (Lipinski definition) is 4. The largest absolute Gasteiger partial charge is 0.507 e. The van der Waals surface area contributed by atoms with Crippen molar-refractivity contribution in [2.24, 2.45) is 5.90 Å². The molecule has 0 fully saturated rings. The van der Waals surface area contributed by atoms with E-state index in [-0.39, 0.29) is 11.3 Å². The molecule has 0 aliphatic rings. The minimum absolute atomic E-state index is 0.0723. The molecule has 0 atom stereocenters. The summed E-state index contributed by atoms with van der Waals surface area (Å²) in [5, 5.41) is 9.24. The Labute approximate surface area is 69.5 Å². The van der Waals surface area contributed by atoms with Crippen LogP contribution in [0.3, 0.4) is 0 Å². The van der Waals surface area contributed by atoms with Gasteiger partial charge < -0.3 is 9.94 Å². The number of carbonyl (C=O) groups excluding carboxylic acids is 1. The van der Waals surface area contributed by atoms with Crippen LogP contribution in [0.25, 0.3) is 0 Å². The zero-order valence-electron chi connectivity index (χ0n) is 6.57. The standard InChI is InChI=1S/C8H9NO3/c1-5-2-3-6(7(10)4-5)8(11)12-9/h2-4,10H,9H2,1H3. The molecule has 3 N–H and O–H groups in total. The van der Waals surface area contributed by atoms with Gasteiger partial charge >= 0.3 is 5.97 Å². The van der Waals surface area contributed by atoms with Crippen molar-refractivity contribution >= 4 is 5.97 Å². The molecule has 1 aromatic carbocycles. The Balaban J connectivity index is 3.09. The van der Waals surface area contributed by atoms with Gasteiger partial charge in [-0.3, -0.25) is 0 Å². The van der Waals surface area contributed by atoms with Gasteiger partial charge in [-0.2, -0.15) is 5.90 Å². The minimum atomic E-state index is -0.743. The van der Waals surface area contributed by atoms with Gasteiger partial charge in [0.15, 0.2) is 0 Å². The normalized spacial score (nSPS) is 9.50. The van der Waals surface area contributed by atoms with Gasteiger partial charge in [0.1, 0.15) is 11.3 Å². The van der Waals surface area contributed by atoms with Crippen LogP contribution in [0, 0.1) is 6.92 Å². The van der Waals surface area contributed by atoms with Gasteiger partial charge in [0.05, 0.1) is 0 Å². The third-order valence-electron chi connectivity index (χ3n) is 1.48. The Hall–Kier alpha value is -1.55. The van der Waals surface area contributed by atoms with Crippen molar-refractivity contribution < 1.29 is 14.7 Å². The molecule has 0 heterocycles. The van der Waals surface area contributed by atoms with Gasteiger partial charge in [0.25, 0.3) is 0 Å². The summed E-state index contributed by atoms with van der Waals surface area (Å²) < 4.78 is 0. The average molecular weight is 167 g/mol. The van der Waals surface area contributed by atoms with E-state index in [9.17, 15) is 9.90 Å². The summed E-state index contributed by atoms with van der Waals surface area (Å²) in [6.07, 6.45) is 0. The topological polar surface area (TPSA) is 72.5 Å². The average Bonchev–Trinajstić information content (AvgIpc) is 2.03. The van der Waals surface area contributed by atoms with E-state index in [1.54, 1.807) is 13.0 Å². The molecule has 0 aromatic heterocycles. The quantitative estimate of drug-likeness (QED) is 0.605. The Kier molecular flexibility index (Phi) is 2.30. The lowest BCUT2D eigenvalue weighted by atomic mass is 10.1. The maximum Gasteiger partial charge on any atom is 0.360 e. The second-order valence-corrected chi connectivity index (χ2v) is 2.43. The molecule has 64 valence electrons. The molecule has 0 aliphatic heterocycles. The fourth-order valence-electron chi connectivity index (χ4n) is 0.878. The van der Waals surface area contributed by atoms with E-state index in [4.69, 9.17) is 0 Å². The highest BCUT2D eigenvalue weighted by Gasteiger charge is 2.10. The third-order valence-corrected chi connectivity index (χ3v) is 1.48. The van der Waals surface area contributed by atoms with Crippen molar-refractivity contribution in [1.29, 1.82) is 0 Å². The molecule has 0 unspecified atom stereocenters. The second-order valence-electron chi connectivity index (χ2n) is 2.43. The van der Waals surface area contributed by atoms with E-state index < -0.39 is 5.97 Å². The van der Waals surface area contributed by atoms with Crippen LogP contribution in [0.2, 0.25) is 0 Å². The molecule has 4 nitrogen and oxygen atoms in total. The van der Waals surface area contributed by atoms with Gasteiger partial charge in [-0.1, -0.05) is 6.07 Å². The maximum absolute atomic E-state index is 10.8. The smallest absolute Gasteiger partial charge is 0.360 e. The van der Waals surface area contributed by atoms with Gasteiger partial charge in [-0.15, -0.1) is 0 Å². The number of nitrogens with two attached hydrogens (primary N) is 1. The Morgan fingerprint density at radius 2 is 2.25 bits per heavy atom. The van der Waals surface area contributed by atoms with Crippen LogP contribution >= 0.6 is 0 Å². The predicted octanol–water partition coefficient (Wildman–Crippen LogP) is 0.731. The summed E-state index contributed by atoms with van der Waals surface area (Å²) >= 11 is 0. The van der Waals surface area contributed by atoms with Crippen molar-refractivity contribution in [3.8, 4) is 5.75 Å². The summed E-state index contributed by atoms with van der Waals surface area (Å²) in [6.45, 7) is 1.80. The Morgan fingerprint density at radius 1 is 1.58 bits per heavy atom. The second kappa shape index (κ2) is 3.23. The van der Waals surface area contributed by atoms with Crippen LogP contribution in [-0.2, 0) is 4.84 Å². The molecule has 0 spiro atoms. The summed E-state index contributed by atoms with van der Waals surface area (Å²) in [6, 6.07) is 4.61. The van der Waals surface area contributed by atoms with Crippen molar-refractivity contribution in [3.05, 3.63) is 29.3 Å². The minimum Gasteiger partial charge on any atom is -0.507 e. The first-order chi connectivity index (χ1) is 5.65. The van der Waals surface area contributed by atoms with E-state index in [0.29, 0.717) is 0 Å². The fraction of sp³-hybridized carbons (Fsp3) is 0.125. The highest BCUT2D eigenvalue weighted by Crippen LogP contribution is 2.18. The molecule has 0 saturated heterocycles. The van der Waals surface area contributed by atoms with E-state index in [1.165, 1.54) is 12.1 Å². The number of phenols is 1. The van der Waals surface area contributed by atoms with Gasteiger partial charge in [0.2, 0.25) is 0 Å². The summed E-state index contributed by atoms with van der Waals surface area (Å²) in [7, 11) is 0. The Morgan fingerprint density at radius 3 is 2.75 bits per heavy atom. The van der Waals surface area contributed by atoms with E-state index in [0.717, 1.165) is 5.56 Å². The highest BCUT2D eigenvalue weighted by atomic mass is 16.7. The summed E-state index contributed by atoms with van der Waals surface area (Å²) in [5.41, 5.74) is 0.934. The number of aromatic hydroxyl groups is 1. The number of rotatable bonds is 1. The zero-order valence-corrected chi connectivity index (χ0v) is 6.57. The molecule has 1 aromatic rings. The molecule has 0 radical (unpaired) electrons. The molecule has 1 rings (SSSR count). The molecular formula is C8H9NO3. The van der Waals surface area contributed by atoms with Crippen LogP contribution < -0.4 is 5.90 Å². The van der Waals surface area contributed by atoms with Gasteiger partial charge in [0, 0.05) is 0 Å². The first-order valence-corrected chi connectivity index (χ1v) is 3.36. The molecule has 0 bridgehead atoms. The molecule has 0 saturated carbocycles. The third kappa shape index (κ3) is 1.54. The summed E-state index contributed by atoms with van der Waals surface area (Å²) in [5.74, 6) is 3.79. The van der Waals surface area contributed by atoms with Crippen LogP contribution in [0.15, 0.2) is 18.2 Å². The van der Waals surface area contributed by atoms with Crippen LogP contribution in [0.5, 0.6) is 5.75 Å². The van der Waals surface area contributed by atoms with E-state index in [2.05, 4.69) is 10.7 Å². The molecule has 12 heavy (non-hydrogen) atoms. The lowest BCUT2D eigenvalue weighted by Gasteiger charge is -2.01. The van der Waals surface area contributed by atoms with Crippen molar-refractivity contribution in [2.75, 3.05) is 0 Å². The number of benzene rings is 1. The SMILES string of the molecule is Cc1ccc(C(=O)ON)c(O)c1. The first-order valence-electron chi connectivity index (χ1n) is 3.36. The number of carbonyl (C=O) groups is 1. The first kappa shape index (κ1) is 8.55. The van der Waals surface area contributed by atoms with Gasteiger partial charge in [-0.25, -0.2) is 4.79 Å². The van der Waals surface area contributed by atoms with E-state index in [1.807, 2.05) is 0 Å². The lowest BCUT2D eigenvalue weighted by molar-refractivity contribution is 0.0500. The highest BCUT2D eigenvalue weighted by molar-refractivity contribution is 5.92. The molecule has 4 heteroatoms. The zero-order chi connectivity index (χ0) is 9.14. The van der Waals surface area contributed by atoms with Crippen molar-refractivity contribution in [2.45, 2.75) is 6.92 Å². The lowest BCUT2D eigenvalue weighted by Crippen LogP contribution is -2.10. The number of phenolic OH excluding ortho intramolecular Hbond substituents is 1. The van der Waals surface area contributed by atoms with Crippen LogP contribution in [-0.4, -0.2) is 11.1 Å². The van der Waals surface area contributed by atoms with Crippen molar-refractivity contribution in [1.82, 2.24) is 0 Å². The van der Waals surface area contributed by atoms with Crippen LogP contribution in [0.1, 0.15) is 15.9 Å².